The van der Waals surface area contributed by atoms with Gasteiger partial charge in [0.15, 0.2) is 9.84 Å². The molecule has 0 unspecified atom stereocenters. The van der Waals surface area contributed by atoms with Crippen molar-refractivity contribution in [2.45, 2.75) is 30.4 Å². The van der Waals surface area contributed by atoms with Gasteiger partial charge in [-0.2, -0.15) is 0 Å². The first-order valence-corrected chi connectivity index (χ1v) is 10.2. The molecule has 0 saturated carbocycles. The van der Waals surface area contributed by atoms with Crippen molar-refractivity contribution < 1.29 is 18.0 Å². The van der Waals surface area contributed by atoms with Crippen LogP contribution in [0.2, 0.25) is 0 Å². The first-order valence-electron chi connectivity index (χ1n) is 8.62. The molecule has 2 rings (SSSR count). The number of rotatable bonds is 7. The van der Waals surface area contributed by atoms with Gasteiger partial charge in [0.05, 0.1) is 4.90 Å². The third-order valence-corrected chi connectivity index (χ3v) is 6.09. The third-order valence-electron chi connectivity index (χ3n) is 3.97. The lowest BCUT2D eigenvalue weighted by Gasteiger charge is -2.18. The van der Waals surface area contributed by atoms with Crippen LogP contribution >= 0.6 is 0 Å². The summed E-state index contributed by atoms with van der Waals surface area (Å²) >= 11 is 0. The molecule has 0 spiro atoms. The number of aromatic nitrogens is 1. The lowest BCUT2D eigenvalue weighted by Crippen LogP contribution is -2.42. The number of carbonyl (C=O) groups is 2. The average molecular weight is 389 g/mol. The van der Waals surface area contributed by atoms with Crippen LogP contribution in [0.4, 0.5) is 0 Å². The number of amides is 2. The SMILES string of the molecule is CCCNC(=O)C(=O)NC[C@H](c1cccnc1)S(=O)(=O)c1ccc(C)cc1. The first-order chi connectivity index (χ1) is 12.9. The molecule has 1 heterocycles. The van der Waals surface area contributed by atoms with E-state index >= 15 is 0 Å². The number of hydrogen-bond acceptors (Lipinski definition) is 5. The zero-order valence-corrected chi connectivity index (χ0v) is 16.1. The van der Waals surface area contributed by atoms with Gasteiger partial charge in [-0.1, -0.05) is 30.7 Å². The Morgan fingerprint density at radius 1 is 1.07 bits per heavy atom. The van der Waals surface area contributed by atoms with E-state index in [9.17, 15) is 18.0 Å². The predicted octanol–water partition coefficient (Wildman–Crippen LogP) is 1.55. The number of nitrogens with one attached hydrogen (secondary N) is 2. The highest BCUT2D eigenvalue weighted by molar-refractivity contribution is 7.91. The van der Waals surface area contributed by atoms with Gasteiger partial charge < -0.3 is 10.6 Å². The monoisotopic (exact) mass is 389 g/mol. The van der Waals surface area contributed by atoms with Gasteiger partial charge in [0.2, 0.25) is 0 Å². The summed E-state index contributed by atoms with van der Waals surface area (Å²) in [6, 6.07) is 9.75. The van der Waals surface area contributed by atoms with Crippen molar-refractivity contribution in [3.05, 3.63) is 59.9 Å². The van der Waals surface area contributed by atoms with Gasteiger partial charge in [-0.15, -0.1) is 0 Å². The lowest BCUT2D eigenvalue weighted by atomic mass is 10.2. The maximum atomic E-state index is 13.1. The van der Waals surface area contributed by atoms with Crippen LogP contribution in [0.5, 0.6) is 0 Å². The predicted molar refractivity (Wildman–Crippen MR) is 102 cm³/mol. The lowest BCUT2D eigenvalue weighted by molar-refractivity contribution is -0.139. The van der Waals surface area contributed by atoms with Crippen molar-refractivity contribution in [1.82, 2.24) is 15.6 Å². The number of aryl methyl sites for hydroxylation is 1. The Morgan fingerprint density at radius 2 is 1.74 bits per heavy atom. The first kappa shape index (κ1) is 20.6. The molecule has 144 valence electrons. The fraction of sp³-hybridized carbons (Fsp3) is 0.316. The quantitative estimate of drug-likeness (QED) is 0.699. The second-order valence-electron chi connectivity index (χ2n) is 6.10. The van der Waals surface area contributed by atoms with Gasteiger partial charge in [-0.25, -0.2) is 8.42 Å². The number of nitrogens with zero attached hydrogens (tertiary/aromatic N) is 1. The Hall–Kier alpha value is -2.74. The van der Waals surface area contributed by atoms with Crippen LogP contribution < -0.4 is 10.6 Å². The molecule has 1 aromatic carbocycles. The molecule has 0 aliphatic heterocycles. The molecule has 1 atom stereocenters. The molecular weight excluding hydrogens is 366 g/mol. The van der Waals surface area contributed by atoms with E-state index in [1.54, 1.807) is 24.3 Å². The van der Waals surface area contributed by atoms with Gasteiger partial charge in [0.25, 0.3) is 0 Å². The van der Waals surface area contributed by atoms with Gasteiger partial charge in [-0.3, -0.25) is 14.6 Å². The topological polar surface area (TPSA) is 105 Å². The summed E-state index contributed by atoms with van der Waals surface area (Å²) in [7, 11) is -3.80. The zero-order chi connectivity index (χ0) is 19.9. The number of benzene rings is 1. The minimum absolute atomic E-state index is 0.145. The Kier molecular flexibility index (Phi) is 7.06. The number of pyridine rings is 1. The molecule has 0 aliphatic carbocycles. The van der Waals surface area contributed by atoms with Crippen molar-refractivity contribution in [3.8, 4) is 0 Å². The highest BCUT2D eigenvalue weighted by Gasteiger charge is 2.30. The summed E-state index contributed by atoms with van der Waals surface area (Å²) in [5, 5.41) is 3.82. The van der Waals surface area contributed by atoms with E-state index in [1.807, 2.05) is 13.8 Å². The Bertz CT molecular complexity index is 881. The molecule has 0 radical (unpaired) electrons. The molecule has 2 N–H and O–H groups in total. The summed E-state index contributed by atoms with van der Waals surface area (Å²) in [5.41, 5.74) is 1.38. The Morgan fingerprint density at radius 3 is 2.33 bits per heavy atom. The van der Waals surface area contributed by atoms with E-state index in [2.05, 4.69) is 15.6 Å². The van der Waals surface area contributed by atoms with E-state index in [0.29, 0.717) is 18.5 Å². The van der Waals surface area contributed by atoms with Crippen LogP contribution in [-0.2, 0) is 19.4 Å². The van der Waals surface area contributed by atoms with E-state index in [4.69, 9.17) is 0 Å². The summed E-state index contributed by atoms with van der Waals surface area (Å²) in [4.78, 5) is 27.8. The van der Waals surface area contributed by atoms with Crippen molar-refractivity contribution in [3.63, 3.8) is 0 Å². The third kappa shape index (κ3) is 5.37. The fourth-order valence-corrected chi connectivity index (χ4v) is 4.09. The van der Waals surface area contributed by atoms with Gasteiger partial charge in [0.1, 0.15) is 5.25 Å². The summed E-state index contributed by atoms with van der Waals surface area (Å²) < 4.78 is 26.2. The van der Waals surface area contributed by atoms with Gasteiger partial charge in [-0.05, 0) is 37.1 Å². The molecule has 0 fully saturated rings. The number of sulfone groups is 1. The molecular formula is C19H23N3O4S. The molecule has 0 bridgehead atoms. The molecule has 2 amide bonds. The minimum Gasteiger partial charge on any atom is -0.348 e. The molecule has 0 aliphatic rings. The second kappa shape index (κ2) is 9.27. The Balaban J connectivity index is 2.26. The van der Waals surface area contributed by atoms with Crippen LogP contribution in [-0.4, -0.2) is 38.3 Å². The number of hydrogen-bond donors (Lipinski definition) is 2. The second-order valence-corrected chi connectivity index (χ2v) is 8.23. The summed E-state index contributed by atoms with van der Waals surface area (Å²) in [5.74, 6) is -1.65. The largest absolute Gasteiger partial charge is 0.348 e. The zero-order valence-electron chi connectivity index (χ0n) is 15.3. The summed E-state index contributed by atoms with van der Waals surface area (Å²) in [6.07, 6.45) is 3.68. The van der Waals surface area contributed by atoms with E-state index in [1.165, 1.54) is 24.5 Å². The molecule has 0 saturated heterocycles. The maximum Gasteiger partial charge on any atom is 0.309 e. The van der Waals surface area contributed by atoms with Crippen molar-refractivity contribution in [1.29, 1.82) is 0 Å². The van der Waals surface area contributed by atoms with E-state index in [-0.39, 0.29) is 11.4 Å². The Labute approximate surface area is 159 Å². The molecule has 1 aromatic heterocycles. The highest BCUT2D eigenvalue weighted by Crippen LogP contribution is 2.28. The van der Waals surface area contributed by atoms with Crippen LogP contribution in [0.15, 0.2) is 53.7 Å². The normalized spacial score (nSPS) is 12.2. The van der Waals surface area contributed by atoms with Gasteiger partial charge >= 0.3 is 11.8 Å². The van der Waals surface area contributed by atoms with Crippen LogP contribution in [0.25, 0.3) is 0 Å². The summed E-state index contributed by atoms with van der Waals surface area (Å²) in [6.45, 7) is 3.87. The maximum absolute atomic E-state index is 13.1. The molecule has 8 heteroatoms. The smallest absolute Gasteiger partial charge is 0.309 e. The molecule has 27 heavy (non-hydrogen) atoms. The van der Waals surface area contributed by atoms with Crippen LogP contribution in [0.3, 0.4) is 0 Å². The van der Waals surface area contributed by atoms with Crippen molar-refractivity contribution in [2.24, 2.45) is 0 Å². The molecule has 7 nitrogen and oxygen atoms in total. The number of carbonyl (C=O) groups excluding carboxylic acids is 2. The average Bonchev–Trinajstić information content (AvgIpc) is 2.67. The van der Waals surface area contributed by atoms with E-state index in [0.717, 1.165) is 5.56 Å². The van der Waals surface area contributed by atoms with Crippen molar-refractivity contribution in [2.75, 3.05) is 13.1 Å². The fourth-order valence-electron chi connectivity index (χ4n) is 2.45. The van der Waals surface area contributed by atoms with Crippen LogP contribution in [0.1, 0.15) is 29.7 Å². The standard InChI is InChI=1S/C19H23N3O4S/c1-3-10-21-18(23)19(24)22-13-17(15-5-4-11-20-12-15)27(25,26)16-8-6-14(2)7-9-16/h4-9,11-12,17H,3,10,13H2,1-2H3,(H,21,23)(H,22,24)/t17-/m1/s1. The van der Waals surface area contributed by atoms with Crippen LogP contribution in [0, 0.1) is 6.92 Å². The minimum atomic E-state index is -3.80. The van der Waals surface area contributed by atoms with E-state index < -0.39 is 26.9 Å². The van der Waals surface area contributed by atoms with Crippen molar-refractivity contribution >= 4 is 21.7 Å². The van der Waals surface area contributed by atoms with Gasteiger partial charge in [0, 0.05) is 25.5 Å². The highest BCUT2D eigenvalue weighted by atomic mass is 32.2. The molecule has 2 aromatic rings.